The minimum absolute atomic E-state index is 0.412. The van der Waals surface area contributed by atoms with Crippen LogP contribution in [-0.2, 0) is 4.74 Å². The van der Waals surface area contributed by atoms with Crippen molar-refractivity contribution in [2.24, 2.45) is 0 Å². The number of rotatable bonds is 2. The van der Waals surface area contributed by atoms with Crippen molar-refractivity contribution in [2.45, 2.75) is 0 Å². The van der Waals surface area contributed by atoms with E-state index in [4.69, 9.17) is 4.74 Å². The average Bonchev–Trinajstić information content (AvgIpc) is 2.19. The Kier molecular flexibility index (Phi) is 4.11. The van der Waals surface area contributed by atoms with E-state index in [2.05, 4.69) is 25.7 Å². The SMILES string of the molecule is COC(=O)c1cc(Br)c(OC)nc1I. The fourth-order valence-corrected chi connectivity index (χ4v) is 1.92. The summed E-state index contributed by atoms with van der Waals surface area (Å²) in [4.78, 5) is 15.3. The molecule has 0 fully saturated rings. The lowest BCUT2D eigenvalue weighted by molar-refractivity contribution is 0.0598. The smallest absolute Gasteiger partial charge is 0.340 e. The molecule has 0 aromatic carbocycles. The van der Waals surface area contributed by atoms with Crippen molar-refractivity contribution in [1.29, 1.82) is 0 Å². The summed E-state index contributed by atoms with van der Waals surface area (Å²) in [6.45, 7) is 0. The number of pyridine rings is 1. The van der Waals surface area contributed by atoms with Crippen molar-refractivity contribution >= 4 is 44.5 Å². The first kappa shape index (κ1) is 11.7. The fraction of sp³-hybridized carbons (Fsp3) is 0.250. The lowest BCUT2D eigenvalue weighted by atomic mass is 10.3. The van der Waals surface area contributed by atoms with Gasteiger partial charge in [0.25, 0.3) is 0 Å². The summed E-state index contributed by atoms with van der Waals surface area (Å²) in [6, 6.07) is 1.62. The second kappa shape index (κ2) is 4.92. The number of hydrogen-bond acceptors (Lipinski definition) is 4. The molecule has 1 heterocycles. The Morgan fingerprint density at radius 3 is 2.71 bits per heavy atom. The third-order valence-electron chi connectivity index (χ3n) is 1.50. The Morgan fingerprint density at radius 2 is 2.21 bits per heavy atom. The van der Waals surface area contributed by atoms with Crippen LogP contribution in [0.1, 0.15) is 10.4 Å². The molecule has 6 heteroatoms. The van der Waals surface area contributed by atoms with Crippen LogP contribution in [0.25, 0.3) is 0 Å². The van der Waals surface area contributed by atoms with E-state index >= 15 is 0 Å². The van der Waals surface area contributed by atoms with Crippen LogP contribution in [0.2, 0.25) is 0 Å². The van der Waals surface area contributed by atoms with Crippen LogP contribution < -0.4 is 4.74 Å². The lowest BCUT2D eigenvalue weighted by Crippen LogP contribution is -2.06. The molecule has 0 atom stereocenters. The van der Waals surface area contributed by atoms with Gasteiger partial charge < -0.3 is 9.47 Å². The first-order valence-corrected chi connectivity index (χ1v) is 5.45. The number of ether oxygens (including phenoxy) is 2. The summed E-state index contributed by atoms with van der Waals surface area (Å²) in [5.41, 5.74) is 0.417. The molecule has 0 aliphatic heterocycles. The van der Waals surface area contributed by atoms with Gasteiger partial charge in [-0.05, 0) is 44.6 Å². The maximum atomic E-state index is 11.3. The standard InChI is InChI=1S/C8H7BrINO3/c1-13-7-5(9)3-4(6(10)11-7)8(12)14-2/h3H,1-2H3. The van der Waals surface area contributed by atoms with Crippen molar-refractivity contribution in [3.05, 3.63) is 19.8 Å². The van der Waals surface area contributed by atoms with Gasteiger partial charge in [-0.3, -0.25) is 0 Å². The predicted molar refractivity (Wildman–Crippen MR) is 62.5 cm³/mol. The monoisotopic (exact) mass is 371 g/mol. The summed E-state index contributed by atoms with van der Waals surface area (Å²) in [7, 11) is 2.84. The minimum Gasteiger partial charge on any atom is -0.480 e. The van der Waals surface area contributed by atoms with E-state index in [0.29, 0.717) is 19.6 Å². The molecule has 0 unspecified atom stereocenters. The normalized spacial score (nSPS) is 9.71. The van der Waals surface area contributed by atoms with Crippen molar-refractivity contribution < 1.29 is 14.3 Å². The summed E-state index contributed by atoms with van der Waals surface area (Å²) >= 11 is 5.19. The van der Waals surface area contributed by atoms with Gasteiger partial charge in [0.15, 0.2) is 0 Å². The second-order valence-electron chi connectivity index (χ2n) is 2.31. The van der Waals surface area contributed by atoms with E-state index < -0.39 is 5.97 Å². The molecule has 1 aromatic rings. The maximum Gasteiger partial charge on any atom is 0.340 e. The highest BCUT2D eigenvalue weighted by Crippen LogP contribution is 2.26. The zero-order chi connectivity index (χ0) is 10.7. The predicted octanol–water partition coefficient (Wildman–Crippen LogP) is 2.24. The number of halogens is 2. The van der Waals surface area contributed by atoms with Gasteiger partial charge in [-0.1, -0.05) is 0 Å². The molecule has 0 bridgehead atoms. The van der Waals surface area contributed by atoms with Crippen LogP contribution in [0.4, 0.5) is 0 Å². The van der Waals surface area contributed by atoms with Crippen LogP contribution in [0, 0.1) is 3.70 Å². The Morgan fingerprint density at radius 1 is 1.57 bits per heavy atom. The summed E-state index contributed by atoms with van der Waals surface area (Å²) in [5.74, 6) is 0.0345. The van der Waals surface area contributed by atoms with E-state index in [-0.39, 0.29) is 0 Å². The van der Waals surface area contributed by atoms with Crippen molar-refractivity contribution in [1.82, 2.24) is 4.98 Å². The van der Waals surface area contributed by atoms with E-state index in [1.165, 1.54) is 14.2 Å². The van der Waals surface area contributed by atoms with Gasteiger partial charge in [0.1, 0.15) is 3.70 Å². The first-order valence-electron chi connectivity index (χ1n) is 3.58. The molecule has 0 radical (unpaired) electrons. The van der Waals surface area contributed by atoms with Crippen LogP contribution in [0.5, 0.6) is 5.88 Å². The number of carbonyl (C=O) groups excluding carboxylic acids is 1. The molecule has 0 aliphatic rings. The summed E-state index contributed by atoms with van der Waals surface area (Å²) in [5, 5.41) is 0. The Labute approximate surface area is 103 Å². The maximum absolute atomic E-state index is 11.3. The minimum atomic E-state index is -0.412. The third kappa shape index (κ3) is 2.35. The lowest BCUT2D eigenvalue weighted by Gasteiger charge is -2.06. The van der Waals surface area contributed by atoms with E-state index in [1.807, 2.05) is 22.6 Å². The van der Waals surface area contributed by atoms with E-state index in [9.17, 15) is 4.79 Å². The number of aromatic nitrogens is 1. The fourth-order valence-electron chi connectivity index (χ4n) is 0.847. The molecule has 0 saturated carbocycles. The van der Waals surface area contributed by atoms with E-state index in [1.54, 1.807) is 6.07 Å². The van der Waals surface area contributed by atoms with Gasteiger partial charge >= 0.3 is 5.97 Å². The summed E-state index contributed by atoms with van der Waals surface area (Å²) < 4.78 is 10.8. The van der Waals surface area contributed by atoms with Crippen molar-refractivity contribution in [3.63, 3.8) is 0 Å². The largest absolute Gasteiger partial charge is 0.480 e. The average molecular weight is 372 g/mol. The number of esters is 1. The zero-order valence-corrected chi connectivity index (χ0v) is 11.2. The molecule has 76 valence electrons. The molecule has 1 rings (SSSR count). The molecule has 0 N–H and O–H groups in total. The van der Waals surface area contributed by atoms with E-state index in [0.717, 1.165) is 0 Å². The Hall–Kier alpha value is -0.370. The van der Waals surface area contributed by atoms with Crippen molar-refractivity contribution in [3.8, 4) is 5.88 Å². The number of nitrogens with zero attached hydrogens (tertiary/aromatic N) is 1. The molecule has 4 nitrogen and oxygen atoms in total. The molecule has 0 saturated heterocycles. The molecule has 0 amide bonds. The van der Waals surface area contributed by atoms with Gasteiger partial charge in [-0.25, -0.2) is 9.78 Å². The second-order valence-corrected chi connectivity index (χ2v) is 4.19. The van der Waals surface area contributed by atoms with Gasteiger partial charge in [0, 0.05) is 0 Å². The van der Waals surface area contributed by atoms with Crippen LogP contribution in [0.3, 0.4) is 0 Å². The van der Waals surface area contributed by atoms with Gasteiger partial charge in [-0.2, -0.15) is 0 Å². The molecule has 0 aliphatic carbocycles. The number of methoxy groups -OCH3 is 2. The van der Waals surface area contributed by atoms with Crippen LogP contribution >= 0.6 is 38.5 Å². The topological polar surface area (TPSA) is 48.4 Å². The molecular weight excluding hydrogens is 365 g/mol. The van der Waals surface area contributed by atoms with Crippen LogP contribution in [-0.4, -0.2) is 25.2 Å². The number of hydrogen-bond donors (Lipinski definition) is 0. The first-order chi connectivity index (χ1) is 6.60. The Bertz CT molecular complexity index is 370. The highest BCUT2D eigenvalue weighted by atomic mass is 127. The third-order valence-corrected chi connectivity index (χ3v) is 2.89. The zero-order valence-electron chi connectivity index (χ0n) is 7.51. The van der Waals surface area contributed by atoms with Gasteiger partial charge in [0.2, 0.25) is 5.88 Å². The molecular formula is C8H7BrINO3. The highest BCUT2D eigenvalue weighted by Gasteiger charge is 2.15. The highest BCUT2D eigenvalue weighted by molar-refractivity contribution is 14.1. The molecule has 14 heavy (non-hydrogen) atoms. The van der Waals surface area contributed by atoms with Gasteiger partial charge in [0.05, 0.1) is 24.3 Å². The molecule has 0 spiro atoms. The van der Waals surface area contributed by atoms with Gasteiger partial charge in [-0.15, -0.1) is 0 Å². The van der Waals surface area contributed by atoms with Crippen LogP contribution in [0.15, 0.2) is 10.5 Å². The quantitative estimate of drug-likeness (QED) is 0.454. The Balaban J connectivity index is 3.21. The van der Waals surface area contributed by atoms with Crippen molar-refractivity contribution in [2.75, 3.05) is 14.2 Å². The molecule has 1 aromatic heterocycles. The summed E-state index contributed by atoms with van der Waals surface area (Å²) in [6.07, 6.45) is 0. The number of carbonyl (C=O) groups is 1.